The Kier molecular flexibility index (Phi) is 11.4. The summed E-state index contributed by atoms with van der Waals surface area (Å²) in [6.45, 7) is 11.2. The largest absolute Gasteiger partial charge is 0.458 e. The molecule has 0 aliphatic rings. The molecule has 2 amide bonds. The first-order valence-corrected chi connectivity index (χ1v) is 11.8. The minimum atomic E-state index is -0.819. The van der Waals surface area contributed by atoms with Gasteiger partial charge in [-0.15, -0.1) is 0 Å². The average molecular weight is 469 g/mol. The predicted molar refractivity (Wildman–Crippen MR) is 126 cm³/mol. The molecule has 2 N–H and O–H groups in total. The number of amides is 2. The highest BCUT2D eigenvalue weighted by Gasteiger charge is 2.28. The zero-order chi connectivity index (χ0) is 24.2. The molecule has 1 atom stereocenters. The molecule has 0 unspecified atom stereocenters. The third-order valence-electron chi connectivity index (χ3n) is 3.66. The molecule has 0 aromatic heterocycles. The first-order chi connectivity index (χ1) is 14.9. The van der Waals surface area contributed by atoms with Gasteiger partial charge in [0, 0.05) is 12.3 Å². The summed E-state index contributed by atoms with van der Waals surface area (Å²) < 4.78 is 15.8. The lowest BCUT2D eigenvalue weighted by Gasteiger charge is -2.26. The molecule has 0 radical (unpaired) electrons. The fourth-order valence-corrected chi connectivity index (χ4v) is 3.23. The van der Waals surface area contributed by atoms with Crippen molar-refractivity contribution in [3.8, 4) is 0 Å². The maximum Gasteiger partial charge on any atom is 0.408 e. The molecule has 0 spiro atoms. The summed E-state index contributed by atoms with van der Waals surface area (Å²) in [5.41, 5.74) is -0.414. The molecule has 8 nitrogen and oxygen atoms in total. The maximum absolute atomic E-state index is 12.5. The van der Waals surface area contributed by atoms with Crippen molar-refractivity contribution in [2.24, 2.45) is 0 Å². The SMILES string of the molecule is CC(C)(C)OC(=O)N[C@@H](CCSCCNC(=O)OCc1ccccc1)C(=O)OC(C)(C)C. The highest BCUT2D eigenvalue weighted by Crippen LogP contribution is 2.13. The van der Waals surface area contributed by atoms with Crippen LogP contribution in [-0.2, 0) is 25.6 Å². The molecule has 0 saturated heterocycles. The summed E-state index contributed by atoms with van der Waals surface area (Å²) in [7, 11) is 0. The Hall–Kier alpha value is -2.42. The second-order valence-electron chi connectivity index (χ2n) is 9.12. The van der Waals surface area contributed by atoms with Gasteiger partial charge < -0.3 is 24.8 Å². The van der Waals surface area contributed by atoms with E-state index >= 15 is 0 Å². The second kappa shape index (κ2) is 13.2. The molecule has 0 fully saturated rings. The van der Waals surface area contributed by atoms with Crippen LogP contribution < -0.4 is 10.6 Å². The Labute approximate surface area is 195 Å². The summed E-state index contributed by atoms with van der Waals surface area (Å²) in [6, 6.07) is 8.62. The van der Waals surface area contributed by atoms with Gasteiger partial charge in [-0.1, -0.05) is 30.3 Å². The summed E-state index contributed by atoms with van der Waals surface area (Å²) in [4.78, 5) is 36.3. The third-order valence-corrected chi connectivity index (χ3v) is 4.68. The van der Waals surface area contributed by atoms with Crippen LogP contribution in [-0.4, -0.2) is 53.5 Å². The fourth-order valence-electron chi connectivity index (χ4n) is 2.37. The lowest BCUT2D eigenvalue weighted by molar-refractivity contribution is -0.157. The van der Waals surface area contributed by atoms with Gasteiger partial charge in [0.25, 0.3) is 0 Å². The number of benzene rings is 1. The molecule has 180 valence electrons. The van der Waals surface area contributed by atoms with E-state index in [-0.39, 0.29) is 6.61 Å². The van der Waals surface area contributed by atoms with Crippen LogP contribution in [0.15, 0.2) is 30.3 Å². The van der Waals surface area contributed by atoms with Crippen LogP contribution in [0.1, 0.15) is 53.5 Å². The van der Waals surface area contributed by atoms with Crippen LogP contribution >= 0.6 is 11.8 Å². The van der Waals surface area contributed by atoms with E-state index in [9.17, 15) is 14.4 Å². The molecular weight excluding hydrogens is 432 g/mol. The van der Waals surface area contributed by atoms with Crippen molar-refractivity contribution < 1.29 is 28.6 Å². The van der Waals surface area contributed by atoms with Gasteiger partial charge in [0.05, 0.1) is 0 Å². The molecular formula is C23H36N2O6S. The minimum Gasteiger partial charge on any atom is -0.458 e. The van der Waals surface area contributed by atoms with E-state index in [0.29, 0.717) is 24.5 Å². The number of carbonyl (C=O) groups excluding carboxylic acids is 3. The minimum absolute atomic E-state index is 0.216. The zero-order valence-corrected chi connectivity index (χ0v) is 20.7. The van der Waals surface area contributed by atoms with Gasteiger partial charge >= 0.3 is 18.2 Å². The van der Waals surface area contributed by atoms with Crippen molar-refractivity contribution >= 4 is 29.9 Å². The summed E-state index contributed by atoms with van der Waals surface area (Å²) in [5.74, 6) is 0.709. The Balaban J connectivity index is 2.36. The molecule has 0 bridgehead atoms. The highest BCUT2D eigenvalue weighted by atomic mass is 32.2. The van der Waals surface area contributed by atoms with E-state index < -0.39 is 35.4 Å². The van der Waals surface area contributed by atoms with E-state index in [4.69, 9.17) is 14.2 Å². The Morgan fingerprint density at radius 1 is 0.906 bits per heavy atom. The Morgan fingerprint density at radius 3 is 2.12 bits per heavy atom. The van der Waals surface area contributed by atoms with Crippen molar-refractivity contribution in [3.05, 3.63) is 35.9 Å². The highest BCUT2D eigenvalue weighted by molar-refractivity contribution is 7.99. The van der Waals surface area contributed by atoms with Crippen molar-refractivity contribution in [1.82, 2.24) is 10.6 Å². The van der Waals surface area contributed by atoms with Gasteiger partial charge in [-0.2, -0.15) is 11.8 Å². The van der Waals surface area contributed by atoms with Gasteiger partial charge in [-0.25, -0.2) is 14.4 Å². The predicted octanol–water partition coefficient (Wildman–Crippen LogP) is 4.27. The van der Waals surface area contributed by atoms with Gasteiger partial charge in [-0.05, 0) is 59.3 Å². The van der Waals surface area contributed by atoms with Crippen molar-refractivity contribution in [2.45, 2.75) is 71.8 Å². The standard InChI is InChI=1S/C23H36N2O6S/c1-22(2,3)30-19(26)18(25-21(28)31-23(4,5)6)12-14-32-15-13-24-20(27)29-16-17-10-8-7-9-11-17/h7-11,18H,12-16H2,1-6H3,(H,24,27)(H,25,28)/t18-/m0/s1. The topological polar surface area (TPSA) is 103 Å². The zero-order valence-electron chi connectivity index (χ0n) is 19.9. The maximum atomic E-state index is 12.5. The van der Waals surface area contributed by atoms with E-state index in [0.717, 1.165) is 5.56 Å². The van der Waals surface area contributed by atoms with E-state index in [1.165, 1.54) is 0 Å². The lowest BCUT2D eigenvalue weighted by atomic mass is 10.1. The summed E-state index contributed by atoms with van der Waals surface area (Å²) >= 11 is 1.54. The molecule has 0 aliphatic heterocycles. The van der Waals surface area contributed by atoms with Crippen LogP contribution in [0.3, 0.4) is 0 Å². The monoisotopic (exact) mass is 468 g/mol. The van der Waals surface area contributed by atoms with Gasteiger partial charge in [-0.3, -0.25) is 0 Å². The van der Waals surface area contributed by atoms with Gasteiger partial charge in [0.15, 0.2) is 0 Å². The number of rotatable bonds is 10. The average Bonchev–Trinajstić information content (AvgIpc) is 2.66. The molecule has 32 heavy (non-hydrogen) atoms. The fraction of sp³-hybridized carbons (Fsp3) is 0.609. The quantitative estimate of drug-likeness (QED) is 0.300. The second-order valence-corrected chi connectivity index (χ2v) is 10.3. The number of nitrogens with one attached hydrogen (secondary N) is 2. The molecule has 0 aliphatic carbocycles. The number of alkyl carbamates (subject to hydrolysis) is 2. The van der Waals surface area contributed by atoms with Gasteiger partial charge in [0.2, 0.25) is 0 Å². The Bertz CT molecular complexity index is 728. The van der Waals surface area contributed by atoms with Crippen molar-refractivity contribution in [3.63, 3.8) is 0 Å². The van der Waals surface area contributed by atoms with Crippen molar-refractivity contribution in [2.75, 3.05) is 18.1 Å². The van der Waals surface area contributed by atoms with Crippen LogP contribution in [0.4, 0.5) is 9.59 Å². The van der Waals surface area contributed by atoms with E-state index in [2.05, 4.69) is 10.6 Å². The number of thioether (sulfide) groups is 1. The van der Waals surface area contributed by atoms with Crippen LogP contribution in [0.2, 0.25) is 0 Å². The van der Waals surface area contributed by atoms with Crippen molar-refractivity contribution in [1.29, 1.82) is 0 Å². The first-order valence-electron chi connectivity index (χ1n) is 10.6. The van der Waals surface area contributed by atoms with Crippen LogP contribution in [0.5, 0.6) is 0 Å². The molecule has 9 heteroatoms. The normalized spacial score (nSPS) is 12.4. The van der Waals surface area contributed by atoms with E-state index in [1.54, 1.807) is 53.3 Å². The lowest BCUT2D eigenvalue weighted by Crippen LogP contribution is -2.46. The Morgan fingerprint density at radius 2 is 1.53 bits per heavy atom. The number of esters is 1. The molecule has 0 saturated carbocycles. The van der Waals surface area contributed by atoms with E-state index in [1.807, 2.05) is 30.3 Å². The van der Waals surface area contributed by atoms with Crippen LogP contribution in [0, 0.1) is 0 Å². The summed E-state index contributed by atoms with van der Waals surface area (Å²) in [6.07, 6.45) is -0.772. The molecule has 1 aromatic rings. The number of hydrogen-bond acceptors (Lipinski definition) is 7. The van der Waals surface area contributed by atoms with Crippen LogP contribution in [0.25, 0.3) is 0 Å². The molecule has 1 aromatic carbocycles. The molecule has 0 heterocycles. The summed E-state index contributed by atoms with van der Waals surface area (Å²) in [5, 5.41) is 5.29. The molecule has 1 rings (SSSR count). The van der Waals surface area contributed by atoms with Gasteiger partial charge in [0.1, 0.15) is 23.9 Å². The number of ether oxygens (including phenoxy) is 3. The first kappa shape index (κ1) is 27.6. The number of carbonyl (C=O) groups is 3. The smallest absolute Gasteiger partial charge is 0.408 e. The number of hydrogen-bond donors (Lipinski definition) is 2. The third kappa shape index (κ3) is 13.8.